The van der Waals surface area contributed by atoms with E-state index in [0.717, 1.165) is 26.1 Å². The number of carbonyl (C=O) groups is 1. The molecule has 11 heteroatoms. The van der Waals surface area contributed by atoms with E-state index in [9.17, 15) is 4.79 Å². The molecule has 4 aromatic rings. The molecule has 0 bridgehead atoms. The number of hydrogen-bond acceptors (Lipinski definition) is 7. The van der Waals surface area contributed by atoms with Crippen molar-refractivity contribution in [1.82, 2.24) is 30.2 Å². The summed E-state index contributed by atoms with van der Waals surface area (Å²) in [7, 11) is 0. The summed E-state index contributed by atoms with van der Waals surface area (Å²) in [6, 6.07) is 15.2. The maximum absolute atomic E-state index is 12.3. The number of alkyl halides is 1. The summed E-state index contributed by atoms with van der Waals surface area (Å²) < 4.78 is 2.70. The predicted molar refractivity (Wildman–Crippen MR) is 114 cm³/mol. The summed E-state index contributed by atoms with van der Waals surface area (Å²) >= 11 is 11.1. The fraction of sp³-hybridized carbons (Fsp3) is 0.167. The van der Waals surface area contributed by atoms with Gasteiger partial charge in [0.05, 0.1) is 12.1 Å². The van der Waals surface area contributed by atoms with Crippen LogP contribution < -0.4 is 5.43 Å². The molecular formula is C18H13BrClN7OS. The number of β-lactam (4-membered cyclic amide) rings is 1. The molecule has 2 unspecified atom stereocenters. The number of aromatic nitrogens is 5. The number of fused-ring (bicyclic) bond motifs is 1. The van der Waals surface area contributed by atoms with E-state index in [2.05, 4.69) is 41.9 Å². The van der Waals surface area contributed by atoms with Gasteiger partial charge in [0.1, 0.15) is 21.9 Å². The first kappa shape index (κ1) is 18.5. The highest BCUT2D eigenvalue weighted by Gasteiger charge is 2.48. The fourth-order valence-corrected chi connectivity index (χ4v) is 4.71. The number of hydrogen-bond donors (Lipinski definition) is 1. The summed E-state index contributed by atoms with van der Waals surface area (Å²) in [5.74, 6) is -0.198. The average Bonchev–Trinajstić information content (AvgIpc) is 3.35. The van der Waals surface area contributed by atoms with Crippen molar-refractivity contribution < 1.29 is 4.79 Å². The number of rotatable bonds is 5. The first-order chi connectivity index (χ1) is 14.1. The molecular weight excluding hydrogens is 478 g/mol. The molecule has 1 amide bonds. The molecule has 146 valence electrons. The Balaban J connectivity index is 1.33. The average molecular weight is 491 g/mol. The van der Waals surface area contributed by atoms with Crippen LogP contribution in [-0.2, 0) is 11.3 Å². The van der Waals surface area contributed by atoms with Crippen molar-refractivity contribution in [3.05, 3.63) is 63.6 Å². The van der Waals surface area contributed by atoms with Crippen LogP contribution >= 0.6 is 38.9 Å². The van der Waals surface area contributed by atoms with Gasteiger partial charge < -0.3 is 0 Å². The Hall–Kier alpha value is -2.56. The zero-order valence-corrected chi connectivity index (χ0v) is 17.9. The maximum atomic E-state index is 12.3. The van der Waals surface area contributed by atoms with Crippen LogP contribution in [0, 0.1) is 0 Å². The van der Waals surface area contributed by atoms with Crippen molar-refractivity contribution in [2.45, 2.75) is 18.0 Å². The third-order valence-electron chi connectivity index (χ3n) is 4.61. The zero-order chi connectivity index (χ0) is 20.0. The molecule has 0 aliphatic carbocycles. The van der Waals surface area contributed by atoms with Gasteiger partial charge in [0.2, 0.25) is 5.13 Å². The number of para-hydroxylation sites is 1. The summed E-state index contributed by atoms with van der Waals surface area (Å²) in [6.45, 7) is 0.445. The Bertz CT molecular complexity index is 1210. The van der Waals surface area contributed by atoms with Gasteiger partial charge in [-0.3, -0.25) is 10.2 Å². The number of halogens is 2. The number of carbonyl (C=O) groups excluding carboxylic acids is 1. The second-order valence-corrected chi connectivity index (χ2v) is 8.91. The smallest absolute Gasteiger partial charge is 0.262 e. The molecule has 8 nitrogen and oxygen atoms in total. The Morgan fingerprint density at radius 2 is 2.00 bits per heavy atom. The number of benzene rings is 2. The molecule has 29 heavy (non-hydrogen) atoms. The van der Waals surface area contributed by atoms with Gasteiger partial charge in [-0.15, -0.1) is 26.9 Å². The van der Waals surface area contributed by atoms with Gasteiger partial charge in [-0.05, 0) is 29.8 Å². The molecule has 0 radical (unpaired) electrons. The topological polar surface area (TPSA) is 88.8 Å². The van der Waals surface area contributed by atoms with Gasteiger partial charge in [-0.25, -0.2) is 9.69 Å². The first-order valence-electron chi connectivity index (χ1n) is 8.70. The zero-order valence-electron chi connectivity index (χ0n) is 14.7. The van der Waals surface area contributed by atoms with Crippen LogP contribution in [0.25, 0.3) is 11.0 Å². The quantitative estimate of drug-likeness (QED) is 0.340. The van der Waals surface area contributed by atoms with Crippen molar-refractivity contribution in [1.29, 1.82) is 0 Å². The van der Waals surface area contributed by atoms with Gasteiger partial charge in [-0.2, -0.15) is 0 Å². The molecule has 2 atom stereocenters. The van der Waals surface area contributed by atoms with Crippen molar-refractivity contribution in [2.75, 3.05) is 5.43 Å². The van der Waals surface area contributed by atoms with Crippen molar-refractivity contribution in [3.63, 3.8) is 0 Å². The molecule has 1 aliphatic heterocycles. The largest absolute Gasteiger partial charge is 0.271 e. The van der Waals surface area contributed by atoms with E-state index >= 15 is 0 Å². The second kappa shape index (κ2) is 7.36. The standard InChI is InChI=1S/C18H13BrClN7OS/c19-11-5-3-4-10(8-11)16-15(20)17(28)27(16)24-18-23-22-14(29-18)9-26-13-7-2-1-6-12(13)21-25-26/h1-8,15-16H,9H2,(H,23,24). The number of amides is 1. The first-order valence-corrected chi connectivity index (χ1v) is 10.7. The third-order valence-corrected chi connectivity index (χ3v) is 6.34. The Morgan fingerprint density at radius 3 is 2.86 bits per heavy atom. The second-order valence-electron chi connectivity index (χ2n) is 6.46. The summed E-state index contributed by atoms with van der Waals surface area (Å²) in [4.78, 5) is 12.3. The van der Waals surface area contributed by atoms with Crippen LogP contribution in [0.15, 0.2) is 53.0 Å². The highest BCUT2D eigenvalue weighted by molar-refractivity contribution is 9.10. The lowest BCUT2D eigenvalue weighted by atomic mass is 9.95. The normalized spacial score (nSPS) is 18.8. The molecule has 1 N–H and O–H groups in total. The lowest BCUT2D eigenvalue weighted by Crippen LogP contribution is -2.58. The summed E-state index contributed by atoms with van der Waals surface area (Å²) in [5, 5.41) is 18.8. The molecule has 0 saturated carbocycles. The molecule has 1 fully saturated rings. The Kier molecular flexibility index (Phi) is 4.69. The van der Waals surface area contributed by atoms with E-state index in [1.807, 2.05) is 48.5 Å². The van der Waals surface area contributed by atoms with Crippen molar-refractivity contribution in [2.24, 2.45) is 0 Å². The lowest BCUT2D eigenvalue weighted by molar-refractivity contribution is -0.143. The highest BCUT2D eigenvalue weighted by Crippen LogP contribution is 2.39. The number of nitrogens with zero attached hydrogens (tertiary/aromatic N) is 6. The van der Waals surface area contributed by atoms with Crippen molar-refractivity contribution in [3.8, 4) is 0 Å². The van der Waals surface area contributed by atoms with E-state index in [0.29, 0.717) is 11.7 Å². The van der Waals surface area contributed by atoms with Crippen LogP contribution in [0.3, 0.4) is 0 Å². The summed E-state index contributed by atoms with van der Waals surface area (Å²) in [6.07, 6.45) is 0. The van der Waals surface area contributed by atoms with Gasteiger partial charge in [0, 0.05) is 4.47 Å². The van der Waals surface area contributed by atoms with E-state index in [4.69, 9.17) is 11.6 Å². The monoisotopic (exact) mass is 489 g/mol. The van der Waals surface area contributed by atoms with Crippen LogP contribution in [0.2, 0.25) is 0 Å². The molecule has 1 saturated heterocycles. The minimum atomic E-state index is -0.620. The summed E-state index contributed by atoms with van der Waals surface area (Å²) in [5.41, 5.74) is 5.73. The van der Waals surface area contributed by atoms with E-state index < -0.39 is 5.38 Å². The fourth-order valence-electron chi connectivity index (χ4n) is 3.21. The molecule has 2 aromatic carbocycles. The van der Waals surface area contributed by atoms with Gasteiger partial charge in [0.15, 0.2) is 0 Å². The number of anilines is 1. The van der Waals surface area contributed by atoms with Crippen LogP contribution in [-0.4, -0.2) is 41.5 Å². The maximum Gasteiger partial charge on any atom is 0.262 e. The predicted octanol–water partition coefficient (Wildman–Crippen LogP) is 3.61. The van der Waals surface area contributed by atoms with Gasteiger partial charge >= 0.3 is 0 Å². The molecule has 0 spiro atoms. The molecule has 3 heterocycles. The van der Waals surface area contributed by atoms with Crippen molar-refractivity contribution >= 4 is 60.9 Å². The van der Waals surface area contributed by atoms with Gasteiger partial charge in [-0.1, -0.05) is 56.7 Å². The third kappa shape index (κ3) is 3.37. The van der Waals surface area contributed by atoms with E-state index in [1.54, 1.807) is 4.68 Å². The number of hydrazine groups is 1. The molecule has 2 aromatic heterocycles. The van der Waals surface area contributed by atoms with E-state index in [1.165, 1.54) is 16.3 Å². The molecule has 5 rings (SSSR count). The van der Waals surface area contributed by atoms with E-state index in [-0.39, 0.29) is 11.9 Å². The van der Waals surface area contributed by atoms with Crippen LogP contribution in [0.4, 0.5) is 5.13 Å². The minimum Gasteiger partial charge on any atom is -0.271 e. The number of nitrogens with one attached hydrogen (secondary N) is 1. The lowest BCUT2D eigenvalue weighted by Gasteiger charge is -2.43. The highest BCUT2D eigenvalue weighted by atomic mass is 79.9. The Labute approximate surface area is 182 Å². The van der Waals surface area contributed by atoms with Crippen LogP contribution in [0.1, 0.15) is 16.6 Å². The molecule has 1 aliphatic rings. The minimum absolute atomic E-state index is 0.198. The Morgan fingerprint density at radius 1 is 1.14 bits per heavy atom. The van der Waals surface area contributed by atoms with Crippen LogP contribution in [0.5, 0.6) is 0 Å². The van der Waals surface area contributed by atoms with Gasteiger partial charge in [0.25, 0.3) is 5.91 Å². The SMILES string of the molecule is O=C1C(Cl)C(c2cccc(Br)c2)N1Nc1nnc(Cn2nnc3ccccc32)s1.